The van der Waals surface area contributed by atoms with Crippen molar-refractivity contribution in [3.8, 4) is 11.3 Å². The fourth-order valence-electron chi connectivity index (χ4n) is 3.90. The van der Waals surface area contributed by atoms with Crippen molar-refractivity contribution in [2.45, 2.75) is 59.6 Å². The summed E-state index contributed by atoms with van der Waals surface area (Å²) in [5.41, 5.74) is 2.37. The smallest absolute Gasteiger partial charge is 0.407 e. The number of rotatable bonds is 12. The highest BCUT2D eigenvalue weighted by molar-refractivity contribution is 7.16. The number of hydrogen-bond donors (Lipinski definition) is 2. The monoisotopic (exact) mass is 604 g/mol. The van der Waals surface area contributed by atoms with Crippen LogP contribution in [0, 0.1) is 5.92 Å². The zero-order chi connectivity index (χ0) is 29.3. The van der Waals surface area contributed by atoms with Gasteiger partial charge in [0.1, 0.15) is 5.60 Å². The molecule has 2 N–H and O–H groups in total. The Morgan fingerprint density at radius 3 is 2.38 bits per heavy atom. The van der Waals surface area contributed by atoms with E-state index in [1.165, 1.54) is 4.88 Å². The molecule has 0 aliphatic carbocycles. The molecule has 0 saturated carbocycles. The molecule has 3 aromatic rings. The number of carbonyl (C=O) groups excluding carboxylic acids is 2. The topological polar surface area (TPSA) is 83.6 Å². The Morgan fingerprint density at radius 1 is 1.02 bits per heavy atom. The molecule has 1 aromatic heterocycles. The van der Waals surface area contributed by atoms with E-state index < -0.39 is 11.7 Å². The predicted molar refractivity (Wildman–Crippen MR) is 165 cm³/mol. The van der Waals surface area contributed by atoms with E-state index in [4.69, 9.17) is 32.9 Å². The third-order valence-electron chi connectivity index (χ3n) is 5.68. The summed E-state index contributed by atoms with van der Waals surface area (Å²) < 4.78 is 5.22. The molecule has 216 valence electrons. The van der Waals surface area contributed by atoms with Crippen LogP contribution >= 0.6 is 34.5 Å². The summed E-state index contributed by atoms with van der Waals surface area (Å²) in [6.45, 7) is 11.5. The molecule has 0 aliphatic heterocycles. The van der Waals surface area contributed by atoms with Gasteiger partial charge in [-0.25, -0.2) is 9.78 Å². The zero-order valence-corrected chi connectivity index (χ0v) is 26.1. The molecule has 0 atom stereocenters. The second-order valence-electron chi connectivity index (χ2n) is 10.9. The number of thiazole rings is 1. The number of amides is 2. The molecule has 7 nitrogen and oxygen atoms in total. The molecule has 3 rings (SSSR count). The number of carbonyl (C=O) groups is 2. The molecular formula is C30H38Cl2N4O3S. The normalized spacial score (nSPS) is 11.4. The standard InChI is InChI=1S/C30H38Cl2N4O3S/c1-20(2)17-25-27(22-11-12-23(31)24(32)18-22)35-28(40-25)36(19-21-9-7-6-8-10-21)16-13-26(37)33-14-15-34-29(38)39-30(3,4)5/h6-12,18,20H,13-17,19H2,1-5H3,(H,33,37)(H,34,38). The number of aromatic nitrogens is 1. The first-order valence-electron chi connectivity index (χ1n) is 13.4. The van der Waals surface area contributed by atoms with E-state index in [1.807, 2.05) is 30.3 Å². The Balaban J connectivity index is 1.73. The van der Waals surface area contributed by atoms with E-state index in [1.54, 1.807) is 38.2 Å². The maximum absolute atomic E-state index is 12.7. The first-order valence-corrected chi connectivity index (χ1v) is 15.0. The fourth-order valence-corrected chi connectivity index (χ4v) is 5.52. The number of nitrogens with zero attached hydrogens (tertiary/aromatic N) is 2. The summed E-state index contributed by atoms with van der Waals surface area (Å²) in [6, 6.07) is 15.7. The highest BCUT2D eigenvalue weighted by Gasteiger charge is 2.20. The molecule has 0 spiro atoms. The van der Waals surface area contributed by atoms with Crippen molar-refractivity contribution in [2.75, 3.05) is 24.5 Å². The lowest BCUT2D eigenvalue weighted by molar-refractivity contribution is -0.120. The van der Waals surface area contributed by atoms with E-state index in [2.05, 4.69) is 41.5 Å². The summed E-state index contributed by atoms with van der Waals surface area (Å²) in [5.74, 6) is 0.338. The van der Waals surface area contributed by atoms with Crippen molar-refractivity contribution in [2.24, 2.45) is 5.92 Å². The molecule has 10 heteroatoms. The molecule has 40 heavy (non-hydrogen) atoms. The van der Waals surface area contributed by atoms with Gasteiger partial charge in [-0.05, 0) is 50.8 Å². The Bertz CT molecular complexity index is 1280. The summed E-state index contributed by atoms with van der Waals surface area (Å²) >= 11 is 14.2. The highest BCUT2D eigenvalue weighted by Crippen LogP contribution is 2.37. The van der Waals surface area contributed by atoms with Crippen molar-refractivity contribution < 1.29 is 14.3 Å². The second kappa shape index (κ2) is 14.7. The summed E-state index contributed by atoms with van der Waals surface area (Å²) in [4.78, 5) is 32.9. The van der Waals surface area contributed by atoms with Crippen LogP contribution in [-0.4, -0.2) is 42.2 Å². The van der Waals surface area contributed by atoms with Crippen molar-refractivity contribution in [3.05, 3.63) is 69.0 Å². The van der Waals surface area contributed by atoms with Crippen molar-refractivity contribution in [3.63, 3.8) is 0 Å². The average molecular weight is 606 g/mol. The Morgan fingerprint density at radius 2 is 1.73 bits per heavy atom. The number of halogens is 2. The number of nitrogens with one attached hydrogen (secondary N) is 2. The molecule has 2 aromatic carbocycles. The van der Waals surface area contributed by atoms with Gasteiger partial charge in [0.05, 0.1) is 15.7 Å². The van der Waals surface area contributed by atoms with Gasteiger partial charge in [-0.2, -0.15) is 0 Å². The van der Waals surface area contributed by atoms with Gasteiger partial charge in [0, 0.05) is 43.0 Å². The van der Waals surface area contributed by atoms with Gasteiger partial charge in [0.25, 0.3) is 0 Å². The highest BCUT2D eigenvalue weighted by atomic mass is 35.5. The van der Waals surface area contributed by atoms with Gasteiger partial charge in [-0.15, -0.1) is 11.3 Å². The minimum Gasteiger partial charge on any atom is -0.444 e. The van der Waals surface area contributed by atoms with E-state index in [0.717, 1.165) is 28.4 Å². The number of alkyl carbamates (subject to hydrolysis) is 1. The predicted octanol–water partition coefficient (Wildman–Crippen LogP) is 7.35. The number of ether oxygens (including phenoxy) is 1. The molecule has 0 bridgehead atoms. The van der Waals surface area contributed by atoms with Crippen LogP contribution in [0.3, 0.4) is 0 Å². The molecule has 0 aliphatic rings. The summed E-state index contributed by atoms with van der Waals surface area (Å²) in [7, 11) is 0. The van der Waals surface area contributed by atoms with Gasteiger partial charge in [-0.1, -0.05) is 73.4 Å². The van der Waals surface area contributed by atoms with Crippen LogP contribution < -0.4 is 15.5 Å². The van der Waals surface area contributed by atoms with Gasteiger partial charge >= 0.3 is 6.09 Å². The van der Waals surface area contributed by atoms with E-state index >= 15 is 0 Å². The van der Waals surface area contributed by atoms with Crippen LogP contribution in [-0.2, 0) is 22.5 Å². The van der Waals surface area contributed by atoms with E-state index in [9.17, 15) is 9.59 Å². The van der Waals surface area contributed by atoms with Crippen LogP contribution in [0.5, 0.6) is 0 Å². The molecule has 0 radical (unpaired) electrons. The minimum absolute atomic E-state index is 0.104. The minimum atomic E-state index is -0.569. The maximum atomic E-state index is 12.7. The van der Waals surface area contributed by atoms with Gasteiger partial charge in [-0.3, -0.25) is 4.79 Å². The van der Waals surface area contributed by atoms with Crippen molar-refractivity contribution >= 4 is 51.7 Å². The molecule has 0 saturated heterocycles. The lowest BCUT2D eigenvalue weighted by atomic mass is 10.0. The third-order valence-corrected chi connectivity index (χ3v) is 7.56. The quantitative estimate of drug-likeness (QED) is 0.211. The third kappa shape index (κ3) is 10.3. The first-order chi connectivity index (χ1) is 18.9. The van der Waals surface area contributed by atoms with Crippen molar-refractivity contribution in [1.29, 1.82) is 0 Å². The van der Waals surface area contributed by atoms with Crippen LogP contribution in [0.1, 0.15) is 51.5 Å². The largest absolute Gasteiger partial charge is 0.444 e. The first kappa shape index (κ1) is 31.7. The van der Waals surface area contributed by atoms with Crippen LogP contribution in [0.2, 0.25) is 10.0 Å². The SMILES string of the molecule is CC(C)Cc1sc(N(CCC(=O)NCCNC(=O)OC(C)(C)C)Cc2ccccc2)nc1-c1ccc(Cl)c(Cl)c1. The maximum Gasteiger partial charge on any atom is 0.407 e. The lowest BCUT2D eigenvalue weighted by Crippen LogP contribution is -2.38. The van der Waals surface area contributed by atoms with Crippen LogP contribution in [0.15, 0.2) is 48.5 Å². The lowest BCUT2D eigenvalue weighted by Gasteiger charge is -2.22. The van der Waals surface area contributed by atoms with Crippen molar-refractivity contribution in [1.82, 2.24) is 15.6 Å². The van der Waals surface area contributed by atoms with E-state index in [0.29, 0.717) is 35.6 Å². The average Bonchev–Trinajstić information content (AvgIpc) is 3.28. The number of hydrogen-bond acceptors (Lipinski definition) is 6. The summed E-state index contributed by atoms with van der Waals surface area (Å²) in [6.07, 6.45) is 0.646. The van der Waals surface area contributed by atoms with Gasteiger partial charge in [0.2, 0.25) is 5.91 Å². The summed E-state index contributed by atoms with van der Waals surface area (Å²) in [5, 5.41) is 7.36. The number of benzene rings is 2. The molecule has 1 heterocycles. The Hall–Kier alpha value is -2.81. The molecule has 0 unspecified atom stereocenters. The van der Waals surface area contributed by atoms with Gasteiger partial charge < -0.3 is 20.3 Å². The second-order valence-corrected chi connectivity index (χ2v) is 12.8. The van der Waals surface area contributed by atoms with Crippen LogP contribution in [0.4, 0.5) is 9.93 Å². The molecule has 2 amide bonds. The number of anilines is 1. The fraction of sp³-hybridized carbons (Fsp3) is 0.433. The molecular weight excluding hydrogens is 567 g/mol. The zero-order valence-electron chi connectivity index (χ0n) is 23.7. The Labute approximate surface area is 251 Å². The van der Waals surface area contributed by atoms with Crippen LogP contribution in [0.25, 0.3) is 11.3 Å². The van der Waals surface area contributed by atoms with E-state index in [-0.39, 0.29) is 18.9 Å². The molecule has 0 fully saturated rings. The van der Waals surface area contributed by atoms with Gasteiger partial charge in [0.15, 0.2) is 5.13 Å². The Kier molecular flexibility index (Phi) is 11.7.